The fourth-order valence-electron chi connectivity index (χ4n) is 4.68. The van der Waals surface area contributed by atoms with E-state index < -0.39 is 0 Å². The van der Waals surface area contributed by atoms with Crippen LogP contribution in [-0.4, -0.2) is 20.0 Å². The van der Waals surface area contributed by atoms with Crippen LogP contribution in [0.1, 0.15) is 59.6 Å². The predicted octanol–water partition coefficient (Wildman–Crippen LogP) is 5.72. The maximum Gasteiger partial charge on any atom is 0.161 e. The second kappa shape index (κ2) is 7.19. The zero-order valence-corrected chi connectivity index (χ0v) is 17.4. The van der Waals surface area contributed by atoms with E-state index in [0.29, 0.717) is 11.8 Å². The number of halogens is 1. The standard InChI is InChI=1S/C22H24BrNO3/c1-12(25)13-7-8-19-16(9-13)14-5-4-6-15(14)22(24-19)17-10-20(26-2)21(27-3)11-18(17)23/h7-11,14-15,22,24H,4-6H2,1-3H3. The summed E-state index contributed by atoms with van der Waals surface area (Å²) >= 11 is 3.73. The number of rotatable bonds is 4. The molecule has 4 nitrogen and oxygen atoms in total. The number of hydrogen-bond acceptors (Lipinski definition) is 4. The van der Waals surface area contributed by atoms with Gasteiger partial charge in [0.15, 0.2) is 17.3 Å². The molecule has 0 spiro atoms. The Bertz CT molecular complexity index is 895. The zero-order valence-electron chi connectivity index (χ0n) is 15.8. The normalized spacial score (nSPS) is 23.2. The lowest BCUT2D eigenvalue weighted by molar-refractivity contribution is 0.101. The van der Waals surface area contributed by atoms with Gasteiger partial charge in [-0.05, 0) is 73.1 Å². The molecule has 1 fully saturated rings. The molecule has 0 saturated heterocycles. The van der Waals surface area contributed by atoms with Gasteiger partial charge >= 0.3 is 0 Å². The van der Waals surface area contributed by atoms with Gasteiger partial charge in [0.1, 0.15) is 0 Å². The smallest absolute Gasteiger partial charge is 0.161 e. The average Bonchev–Trinajstić information content (AvgIpc) is 3.17. The third-order valence-corrected chi connectivity index (χ3v) is 6.69. The van der Waals surface area contributed by atoms with E-state index in [0.717, 1.165) is 27.2 Å². The first-order chi connectivity index (χ1) is 13.0. The first-order valence-corrected chi connectivity index (χ1v) is 10.2. The molecule has 1 N–H and O–H groups in total. The predicted molar refractivity (Wildman–Crippen MR) is 110 cm³/mol. The highest BCUT2D eigenvalue weighted by molar-refractivity contribution is 9.10. The summed E-state index contributed by atoms with van der Waals surface area (Å²) in [4.78, 5) is 11.8. The summed E-state index contributed by atoms with van der Waals surface area (Å²) in [5.41, 5.74) is 4.41. The molecule has 142 valence electrons. The van der Waals surface area contributed by atoms with Gasteiger partial charge in [-0.3, -0.25) is 4.79 Å². The second-order valence-corrected chi connectivity index (χ2v) is 8.26. The molecule has 2 aromatic rings. The summed E-state index contributed by atoms with van der Waals surface area (Å²) in [7, 11) is 3.32. The summed E-state index contributed by atoms with van der Waals surface area (Å²) in [5, 5.41) is 3.74. The maximum absolute atomic E-state index is 11.8. The molecular formula is C22H24BrNO3. The summed E-state index contributed by atoms with van der Waals surface area (Å²) < 4.78 is 12.0. The van der Waals surface area contributed by atoms with Gasteiger partial charge in [0, 0.05) is 15.7 Å². The van der Waals surface area contributed by atoms with Crippen LogP contribution in [0.2, 0.25) is 0 Å². The number of anilines is 1. The quantitative estimate of drug-likeness (QED) is 0.631. The molecule has 27 heavy (non-hydrogen) atoms. The number of ether oxygens (including phenoxy) is 2. The van der Waals surface area contributed by atoms with Gasteiger partial charge in [-0.2, -0.15) is 0 Å². The van der Waals surface area contributed by atoms with E-state index >= 15 is 0 Å². The van der Waals surface area contributed by atoms with E-state index in [1.165, 1.54) is 30.4 Å². The van der Waals surface area contributed by atoms with Crippen LogP contribution < -0.4 is 14.8 Å². The van der Waals surface area contributed by atoms with Crippen molar-refractivity contribution in [3.63, 3.8) is 0 Å². The first kappa shape index (κ1) is 18.4. The zero-order chi connectivity index (χ0) is 19.1. The lowest BCUT2D eigenvalue weighted by Gasteiger charge is -2.38. The minimum atomic E-state index is 0.122. The van der Waals surface area contributed by atoms with Crippen molar-refractivity contribution in [2.75, 3.05) is 19.5 Å². The van der Waals surface area contributed by atoms with Crippen molar-refractivity contribution >= 4 is 27.4 Å². The Balaban J connectivity index is 1.79. The van der Waals surface area contributed by atoms with Crippen LogP contribution in [0.25, 0.3) is 0 Å². The van der Waals surface area contributed by atoms with Gasteiger partial charge in [0.2, 0.25) is 0 Å². The molecule has 2 aliphatic rings. The molecule has 2 aromatic carbocycles. The monoisotopic (exact) mass is 429 g/mol. The molecule has 5 heteroatoms. The molecule has 1 heterocycles. The fraction of sp³-hybridized carbons (Fsp3) is 0.409. The van der Waals surface area contributed by atoms with Crippen LogP contribution in [0, 0.1) is 5.92 Å². The lowest BCUT2D eigenvalue weighted by Crippen LogP contribution is -2.29. The molecule has 1 aliphatic carbocycles. The van der Waals surface area contributed by atoms with E-state index in [9.17, 15) is 4.79 Å². The minimum Gasteiger partial charge on any atom is -0.493 e. The van der Waals surface area contributed by atoms with E-state index in [1.54, 1.807) is 21.1 Å². The first-order valence-electron chi connectivity index (χ1n) is 9.36. The van der Waals surface area contributed by atoms with Gasteiger partial charge in [-0.1, -0.05) is 22.4 Å². The molecule has 0 amide bonds. The Labute approximate surface area is 168 Å². The third kappa shape index (κ3) is 3.12. The Morgan fingerprint density at radius 2 is 1.81 bits per heavy atom. The molecule has 4 rings (SSSR count). The number of methoxy groups -OCH3 is 2. The number of hydrogen-bond donors (Lipinski definition) is 1. The van der Waals surface area contributed by atoms with Crippen LogP contribution in [0.5, 0.6) is 11.5 Å². The summed E-state index contributed by atoms with van der Waals surface area (Å²) in [6.07, 6.45) is 3.55. The van der Waals surface area contributed by atoms with Crippen LogP contribution in [-0.2, 0) is 0 Å². The summed E-state index contributed by atoms with van der Waals surface area (Å²) in [6.45, 7) is 1.63. The minimum absolute atomic E-state index is 0.122. The fourth-order valence-corrected chi connectivity index (χ4v) is 5.25. The number of nitrogens with one attached hydrogen (secondary N) is 1. The third-order valence-electron chi connectivity index (χ3n) is 6.00. The molecule has 1 aliphatic heterocycles. The summed E-state index contributed by atoms with van der Waals surface area (Å²) in [5.74, 6) is 2.56. The van der Waals surface area contributed by atoms with E-state index in [2.05, 4.69) is 39.4 Å². The largest absolute Gasteiger partial charge is 0.493 e. The van der Waals surface area contributed by atoms with Crippen LogP contribution in [0.4, 0.5) is 5.69 Å². The topological polar surface area (TPSA) is 47.6 Å². The Hall–Kier alpha value is -2.01. The van der Waals surface area contributed by atoms with Gasteiger partial charge in [0.05, 0.1) is 20.3 Å². The van der Waals surface area contributed by atoms with Crippen molar-refractivity contribution in [2.45, 2.75) is 38.1 Å². The molecular weight excluding hydrogens is 406 g/mol. The number of carbonyl (C=O) groups is 1. The SMILES string of the molecule is COc1cc(Br)c(C2Nc3ccc(C(C)=O)cc3C3CCCC32)cc1OC. The van der Waals surface area contributed by atoms with Crippen molar-refractivity contribution in [1.82, 2.24) is 0 Å². The van der Waals surface area contributed by atoms with Crippen molar-refractivity contribution in [1.29, 1.82) is 0 Å². The maximum atomic E-state index is 11.8. The Morgan fingerprint density at radius 3 is 2.52 bits per heavy atom. The van der Waals surface area contributed by atoms with E-state index in [-0.39, 0.29) is 11.8 Å². The van der Waals surface area contributed by atoms with Crippen LogP contribution >= 0.6 is 15.9 Å². The molecule has 0 aromatic heterocycles. The van der Waals surface area contributed by atoms with Gasteiger partial charge in [-0.25, -0.2) is 0 Å². The number of ketones is 1. The molecule has 3 atom stereocenters. The highest BCUT2D eigenvalue weighted by atomic mass is 79.9. The van der Waals surface area contributed by atoms with Gasteiger partial charge < -0.3 is 14.8 Å². The van der Waals surface area contributed by atoms with Crippen molar-refractivity contribution in [3.05, 3.63) is 51.5 Å². The van der Waals surface area contributed by atoms with Crippen molar-refractivity contribution in [2.24, 2.45) is 5.92 Å². The van der Waals surface area contributed by atoms with Crippen molar-refractivity contribution < 1.29 is 14.3 Å². The highest BCUT2D eigenvalue weighted by Gasteiger charge is 2.41. The lowest BCUT2D eigenvalue weighted by atomic mass is 9.76. The molecule has 0 bridgehead atoms. The summed E-state index contributed by atoms with van der Waals surface area (Å²) in [6, 6.07) is 10.3. The number of carbonyl (C=O) groups excluding carboxylic acids is 1. The number of Topliss-reactive ketones (excluding diaryl/α,β-unsaturated/α-hetero) is 1. The van der Waals surface area contributed by atoms with Gasteiger partial charge in [0.25, 0.3) is 0 Å². The second-order valence-electron chi connectivity index (χ2n) is 7.41. The van der Waals surface area contributed by atoms with E-state index in [4.69, 9.17) is 9.47 Å². The van der Waals surface area contributed by atoms with Gasteiger partial charge in [-0.15, -0.1) is 0 Å². The molecule has 3 unspecified atom stereocenters. The Kier molecular flexibility index (Phi) is 4.89. The van der Waals surface area contributed by atoms with Crippen LogP contribution in [0.3, 0.4) is 0 Å². The highest BCUT2D eigenvalue weighted by Crippen LogP contribution is 2.54. The molecule has 0 radical (unpaired) electrons. The van der Waals surface area contributed by atoms with E-state index in [1.807, 2.05) is 12.1 Å². The van der Waals surface area contributed by atoms with Crippen molar-refractivity contribution in [3.8, 4) is 11.5 Å². The molecule has 1 saturated carbocycles. The number of fused-ring (bicyclic) bond motifs is 3. The Morgan fingerprint density at radius 1 is 1.07 bits per heavy atom. The van der Waals surface area contributed by atoms with Crippen LogP contribution in [0.15, 0.2) is 34.8 Å². The number of benzene rings is 2. The average molecular weight is 430 g/mol.